The standard InChI is InChI=1S/C20H33N5O4/c1-15(26)24-11-6-8-16(24)18(27)25(19(28)29-20(2,3)4)12-7-9-21-14-17-22-10-13-23(17)5/h10,13,16,21H,6-9,11-12,14H2,1-5H3/t16-/m1/s1. The third-order valence-electron chi connectivity index (χ3n) is 4.76. The predicted molar refractivity (Wildman–Crippen MR) is 108 cm³/mol. The van der Waals surface area contributed by atoms with E-state index < -0.39 is 17.7 Å². The number of amides is 3. The summed E-state index contributed by atoms with van der Waals surface area (Å²) < 4.78 is 7.37. The Bertz CT molecular complexity index is 725. The van der Waals surface area contributed by atoms with E-state index in [9.17, 15) is 14.4 Å². The van der Waals surface area contributed by atoms with Crippen molar-refractivity contribution < 1.29 is 19.1 Å². The van der Waals surface area contributed by atoms with Crippen LogP contribution in [0.1, 0.15) is 52.8 Å². The lowest BCUT2D eigenvalue weighted by atomic mass is 10.2. The van der Waals surface area contributed by atoms with Crippen LogP contribution in [-0.4, -0.2) is 68.5 Å². The molecule has 1 aliphatic heterocycles. The lowest BCUT2D eigenvalue weighted by molar-refractivity contribution is -0.142. The van der Waals surface area contributed by atoms with E-state index in [0.717, 1.165) is 17.1 Å². The summed E-state index contributed by atoms with van der Waals surface area (Å²) in [6, 6.07) is -0.597. The van der Waals surface area contributed by atoms with Crippen molar-refractivity contribution in [3.8, 4) is 0 Å². The molecule has 0 saturated carbocycles. The van der Waals surface area contributed by atoms with Crippen LogP contribution in [0.4, 0.5) is 4.79 Å². The van der Waals surface area contributed by atoms with Crippen molar-refractivity contribution in [2.24, 2.45) is 7.05 Å². The van der Waals surface area contributed by atoms with Gasteiger partial charge in [0, 0.05) is 39.5 Å². The van der Waals surface area contributed by atoms with Crippen molar-refractivity contribution in [3.63, 3.8) is 0 Å². The molecule has 1 atom stereocenters. The van der Waals surface area contributed by atoms with Gasteiger partial charge in [-0.05, 0) is 46.6 Å². The van der Waals surface area contributed by atoms with Gasteiger partial charge in [-0.25, -0.2) is 14.7 Å². The van der Waals surface area contributed by atoms with Crippen molar-refractivity contribution in [1.82, 2.24) is 24.7 Å². The third kappa shape index (κ3) is 6.56. The SMILES string of the molecule is CC(=O)N1CCC[C@@H]1C(=O)N(CCCNCc1nccn1C)C(=O)OC(C)(C)C. The summed E-state index contributed by atoms with van der Waals surface area (Å²) in [7, 11) is 1.93. The summed E-state index contributed by atoms with van der Waals surface area (Å²) in [6.07, 6.45) is 4.84. The highest BCUT2D eigenvalue weighted by molar-refractivity contribution is 5.97. The number of carbonyl (C=O) groups is 3. The van der Waals surface area contributed by atoms with Crippen molar-refractivity contribution >= 4 is 17.9 Å². The Morgan fingerprint density at radius 1 is 1.34 bits per heavy atom. The zero-order valence-electron chi connectivity index (χ0n) is 18.1. The number of carbonyl (C=O) groups excluding carboxylic acids is 3. The van der Waals surface area contributed by atoms with Crippen molar-refractivity contribution in [1.29, 1.82) is 0 Å². The molecule has 29 heavy (non-hydrogen) atoms. The molecular formula is C20H33N5O4. The maximum absolute atomic E-state index is 13.1. The lowest BCUT2D eigenvalue weighted by Gasteiger charge is -2.30. The summed E-state index contributed by atoms with van der Waals surface area (Å²) in [6.45, 7) is 8.72. The summed E-state index contributed by atoms with van der Waals surface area (Å²) in [4.78, 5) is 44.5. The summed E-state index contributed by atoms with van der Waals surface area (Å²) in [5.41, 5.74) is -0.706. The first kappa shape index (κ1) is 22.9. The molecule has 0 radical (unpaired) electrons. The van der Waals surface area contributed by atoms with Crippen LogP contribution in [0.5, 0.6) is 0 Å². The normalized spacial score (nSPS) is 16.7. The minimum atomic E-state index is -0.706. The van der Waals surface area contributed by atoms with E-state index >= 15 is 0 Å². The molecule has 1 fully saturated rings. The van der Waals surface area contributed by atoms with Crippen molar-refractivity contribution in [2.45, 2.75) is 65.1 Å². The van der Waals surface area contributed by atoms with E-state index in [4.69, 9.17) is 4.74 Å². The number of rotatable bonds is 7. The van der Waals surface area contributed by atoms with Gasteiger partial charge in [-0.2, -0.15) is 0 Å². The number of hydrogen-bond donors (Lipinski definition) is 1. The molecule has 1 N–H and O–H groups in total. The Balaban J connectivity index is 1.97. The largest absolute Gasteiger partial charge is 0.443 e. The number of aromatic nitrogens is 2. The van der Waals surface area contributed by atoms with Gasteiger partial charge < -0.3 is 19.5 Å². The molecule has 1 saturated heterocycles. The highest BCUT2D eigenvalue weighted by Gasteiger charge is 2.38. The molecule has 2 rings (SSSR count). The molecule has 9 heteroatoms. The molecule has 0 bridgehead atoms. The fourth-order valence-corrected chi connectivity index (χ4v) is 3.32. The number of aryl methyl sites for hydroxylation is 1. The minimum Gasteiger partial charge on any atom is -0.443 e. The first-order valence-electron chi connectivity index (χ1n) is 10.1. The van der Waals surface area contributed by atoms with Crippen molar-refractivity contribution in [2.75, 3.05) is 19.6 Å². The molecular weight excluding hydrogens is 374 g/mol. The second-order valence-corrected chi connectivity index (χ2v) is 8.33. The van der Waals surface area contributed by atoms with E-state index in [-0.39, 0.29) is 18.4 Å². The molecule has 162 valence electrons. The van der Waals surface area contributed by atoms with Crippen LogP contribution in [0.2, 0.25) is 0 Å². The molecule has 3 amide bonds. The fraction of sp³-hybridized carbons (Fsp3) is 0.700. The average molecular weight is 408 g/mol. The van der Waals surface area contributed by atoms with E-state index in [1.807, 2.05) is 17.8 Å². The van der Waals surface area contributed by atoms with Crippen molar-refractivity contribution in [3.05, 3.63) is 18.2 Å². The number of nitrogens with one attached hydrogen (secondary N) is 1. The van der Waals surface area contributed by atoms with E-state index in [1.165, 1.54) is 6.92 Å². The zero-order chi connectivity index (χ0) is 21.6. The summed E-state index contributed by atoms with van der Waals surface area (Å²) in [5.74, 6) is 0.394. The molecule has 0 spiro atoms. The summed E-state index contributed by atoms with van der Waals surface area (Å²) >= 11 is 0. The maximum atomic E-state index is 13.1. The molecule has 1 aromatic heterocycles. The Morgan fingerprint density at radius 3 is 2.66 bits per heavy atom. The van der Waals surface area contributed by atoms with E-state index in [2.05, 4.69) is 10.3 Å². The zero-order valence-corrected chi connectivity index (χ0v) is 18.1. The monoisotopic (exact) mass is 407 g/mol. The second kappa shape index (κ2) is 9.87. The highest BCUT2D eigenvalue weighted by Crippen LogP contribution is 2.21. The second-order valence-electron chi connectivity index (χ2n) is 8.33. The van der Waals surface area contributed by atoms with Gasteiger partial charge in [0.15, 0.2) is 0 Å². The molecule has 9 nitrogen and oxygen atoms in total. The maximum Gasteiger partial charge on any atom is 0.417 e. The van der Waals surface area contributed by atoms with Gasteiger partial charge >= 0.3 is 6.09 Å². The quantitative estimate of drug-likeness (QED) is 0.691. The van der Waals surface area contributed by atoms with Crippen LogP contribution in [-0.2, 0) is 27.9 Å². The molecule has 0 unspecified atom stereocenters. The number of nitrogens with zero attached hydrogens (tertiary/aromatic N) is 4. The minimum absolute atomic E-state index is 0.151. The van der Waals surface area contributed by atoms with Crippen LogP contribution >= 0.6 is 0 Å². The van der Waals surface area contributed by atoms with Gasteiger partial charge in [0.2, 0.25) is 5.91 Å². The number of hydrogen-bond acceptors (Lipinski definition) is 6. The first-order valence-corrected chi connectivity index (χ1v) is 10.1. The Morgan fingerprint density at radius 2 is 2.07 bits per heavy atom. The van der Waals surface area contributed by atoms with Gasteiger partial charge in [-0.15, -0.1) is 0 Å². The fourth-order valence-electron chi connectivity index (χ4n) is 3.32. The van der Waals surface area contributed by atoms with Gasteiger partial charge in [0.1, 0.15) is 17.5 Å². The van der Waals surface area contributed by atoms with Crippen LogP contribution in [0, 0.1) is 0 Å². The Kier molecular flexibility index (Phi) is 7.78. The number of imidazole rings is 1. The van der Waals surface area contributed by atoms with E-state index in [1.54, 1.807) is 31.9 Å². The van der Waals surface area contributed by atoms with Crippen LogP contribution in [0.3, 0.4) is 0 Å². The smallest absolute Gasteiger partial charge is 0.417 e. The van der Waals surface area contributed by atoms with Crippen LogP contribution < -0.4 is 5.32 Å². The van der Waals surface area contributed by atoms with Gasteiger partial charge in [0.05, 0.1) is 6.54 Å². The number of imide groups is 1. The highest BCUT2D eigenvalue weighted by atomic mass is 16.6. The third-order valence-corrected chi connectivity index (χ3v) is 4.76. The van der Waals surface area contributed by atoms with Gasteiger partial charge in [0.25, 0.3) is 5.91 Å². The summed E-state index contributed by atoms with van der Waals surface area (Å²) in [5, 5.41) is 3.27. The molecule has 2 heterocycles. The van der Waals surface area contributed by atoms with Crippen LogP contribution in [0.25, 0.3) is 0 Å². The van der Waals surface area contributed by atoms with Gasteiger partial charge in [-0.1, -0.05) is 0 Å². The van der Waals surface area contributed by atoms with E-state index in [0.29, 0.717) is 32.5 Å². The average Bonchev–Trinajstić information content (AvgIpc) is 3.25. The molecule has 0 aliphatic carbocycles. The number of ether oxygens (including phenoxy) is 1. The molecule has 1 aliphatic rings. The lowest BCUT2D eigenvalue weighted by Crippen LogP contribution is -2.51. The first-order chi connectivity index (χ1) is 13.6. The predicted octanol–water partition coefficient (Wildman–Crippen LogP) is 1.67. The molecule has 0 aromatic carbocycles. The Hall–Kier alpha value is -2.42. The number of likely N-dealkylation sites (tertiary alicyclic amines) is 1. The molecule has 1 aromatic rings. The Labute approximate surface area is 172 Å². The van der Waals surface area contributed by atoms with Gasteiger partial charge in [-0.3, -0.25) is 9.59 Å². The topological polar surface area (TPSA) is 96.8 Å². The van der Waals surface area contributed by atoms with Crippen LogP contribution in [0.15, 0.2) is 12.4 Å².